The van der Waals surface area contributed by atoms with Crippen LogP contribution in [-0.4, -0.2) is 44.8 Å². The number of aliphatic hydroxyl groups excluding tert-OH is 1. The number of hydrogen-bond donors (Lipinski definition) is 3. The van der Waals surface area contributed by atoms with Crippen molar-refractivity contribution in [3.63, 3.8) is 0 Å². The van der Waals surface area contributed by atoms with Crippen molar-refractivity contribution in [1.29, 1.82) is 0 Å². The average molecular weight is 265 g/mol. The third-order valence-corrected chi connectivity index (χ3v) is 3.46. The van der Waals surface area contributed by atoms with Crippen molar-refractivity contribution in [1.82, 2.24) is 4.90 Å². The Balaban J connectivity index is 2.20. The van der Waals surface area contributed by atoms with Gasteiger partial charge < -0.3 is 20.2 Å². The van der Waals surface area contributed by atoms with Crippen LogP contribution in [0.1, 0.15) is 36.5 Å². The Hall–Kier alpha value is -1.75. The Bertz CT molecular complexity index is 473. The second-order valence-corrected chi connectivity index (χ2v) is 5.08. The highest BCUT2D eigenvalue weighted by Gasteiger charge is 2.31. The number of phenols is 2. The molecule has 1 amide bonds. The Kier molecular flexibility index (Phi) is 3.95. The van der Waals surface area contributed by atoms with Gasteiger partial charge in [0.15, 0.2) is 0 Å². The van der Waals surface area contributed by atoms with Gasteiger partial charge in [0.1, 0.15) is 11.5 Å². The molecule has 1 saturated heterocycles. The fourth-order valence-corrected chi connectivity index (χ4v) is 2.59. The van der Waals surface area contributed by atoms with Crippen molar-refractivity contribution in [2.75, 3.05) is 6.54 Å². The lowest BCUT2D eigenvalue weighted by Crippen LogP contribution is -2.37. The molecule has 0 radical (unpaired) electrons. The molecule has 19 heavy (non-hydrogen) atoms. The summed E-state index contributed by atoms with van der Waals surface area (Å²) in [5.41, 5.74) is 0.109. The van der Waals surface area contributed by atoms with E-state index in [1.165, 1.54) is 18.2 Å². The van der Waals surface area contributed by atoms with Crippen LogP contribution in [0.3, 0.4) is 0 Å². The minimum Gasteiger partial charge on any atom is -0.508 e. The van der Waals surface area contributed by atoms with E-state index >= 15 is 0 Å². The summed E-state index contributed by atoms with van der Waals surface area (Å²) in [5, 5.41) is 28.6. The fourth-order valence-electron chi connectivity index (χ4n) is 2.59. The van der Waals surface area contributed by atoms with Crippen LogP contribution < -0.4 is 0 Å². The smallest absolute Gasteiger partial charge is 0.257 e. The van der Waals surface area contributed by atoms with Gasteiger partial charge in [-0.05, 0) is 44.4 Å². The van der Waals surface area contributed by atoms with E-state index in [4.69, 9.17) is 0 Å². The molecule has 104 valence electrons. The number of phenolic OH excluding ortho intramolecular Hbond substituents is 2. The van der Waals surface area contributed by atoms with Crippen LogP contribution in [0.2, 0.25) is 0 Å². The van der Waals surface area contributed by atoms with Gasteiger partial charge in [-0.2, -0.15) is 0 Å². The van der Waals surface area contributed by atoms with Gasteiger partial charge in [0, 0.05) is 12.6 Å². The molecule has 2 unspecified atom stereocenters. The highest BCUT2D eigenvalue weighted by atomic mass is 16.3. The van der Waals surface area contributed by atoms with Crippen molar-refractivity contribution in [3.8, 4) is 11.5 Å². The van der Waals surface area contributed by atoms with Crippen molar-refractivity contribution >= 4 is 5.91 Å². The number of benzene rings is 1. The molecule has 2 rings (SSSR count). The molecule has 1 aliphatic heterocycles. The Labute approximate surface area is 112 Å². The van der Waals surface area contributed by atoms with Gasteiger partial charge >= 0.3 is 0 Å². The molecule has 3 N–H and O–H groups in total. The van der Waals surface area contributed by atoms with Crippen molar-refractivity contribution in [2.45, 2.75) is 38.3 Å². The molecule has 1 aromatic rings. The first-order chi connectivity index (χ1) is 8.99. The SMILES string of the molecule is CC(O)CC1CCCN1C(=O)c1cc(O)ccc1O. The van der Waals surface area contributed by atoms with Crippen molar-refractivity contribution in [2.24, 2.45) is 0 Å². The first-order valence-electron chi connectivity index (χ1n) is 6.50. The van der Waals surface area contributed by atoms with Gasteiger partial charge in [-0.1, -0.05) is 0 Å². The standard InChI is InChI=1S/C14H19NO4/c1-9(16)7-10-3-2-6-15(10)14(19)12-8-11(17)4-5-13(12)18/h4-5,8-10,16-18H,2-3,6-7H2,1H3. The molecule has 0 spiro atoms. The number of amides is 1. The number of likely N-dealkylation sites (tertiary alicyclic amines) is 1. The normalized spacial score (nSPS) is 20.5. The summed E-state index contributed by atoms with van der Waals surface area (Å²) < 4.78 is 0. The molecule has 2 atom stereocenters. The maximum Gasteiger partial charge on any atom is 0.257 e. The minimum atomic E-state index is -0.462. The highest BCUT2D eigenvalue weighted by Crippen LogP contribution is 2.28. The molecule has 0 bridgehead atoms. The lowest BCUT2D eigenvalue weighted by atomic mass is 10.1. The van der Waals surface area contributed by atoms with Crippen molar-refractivity contribution < 1.29 is 20.1 Å². The molecular weight excluding hydrogens is 246 g/mol. The number of nitrogens with zero attached hydrogens (tertiary/aromatic N) is 1. The zero-order chi connectivity index (χ0) is 14.0. The molecular formula is C14H19NO4. The Morgan fingerprint density at radius 1 is 1.47 bits per heavy atom. The molecule has 0 aliphatic carbocycles. The second kappa shape index (κ2) is 5.48. The quantitative estimate of drug-likeness (QED) is 0.723. The monoisotopic (exact) mass is 265 g/mol. The highest BCUT2D eigenvalue weighted by molar-refractivity contribution is 5.97. The molecule has 1 fully saturated rings. The molecule has 1 aromatic carbocycles. The van der Waals surface area contributed by atoms with Gasteiger partial charge in [-0.3, -0.25) is 4.79 Å². The van der Waals surface area contributed by atoms with Crippen molar-refractivity contribution in [3.05, 3.63) is 23.8 Å². The van der Waals surface area contributed by atoms with E-state index in [0.29, 0.717) is 13.0 Å². The fraction of sp³-hybridized carbons (Fsp3) is 0.500. The first-order valence-corrected chi connectivity index (χ1v) is 6.50. The summed E-state index contributed by atoms with van der Waals surface area (Å²) in [6, 6.07) is 3.91. The van der Waals surface area contributed by atoms with Crippen LogP contribution in [0.15, 0.2) is 18.2 Å². The van der Waals surface area contributed by atoms with Gasteiger partial charge in [0.2, 0.25) is 0 Å². The van der Waals surface area contributed by atoms with E-state index < -0.39 is 6.10 Å². The van der Waals surface area contributed by atoms with Crippen LogP contribution >= 0.6 is 0 Å². The third kappa shape index (κ3) is 2.98. The summed E-state index contributed by atoms with van der Waals surface area (Å²) in [5.74, 6) is -0.477. The summed E-state index contributed by atoms with van der Waals surface area (Å²) in [6.07, 6.45) is 1.82. The number of aliphatic hydroxyl groups is 1. The van der Waals surface area contributed by atoms with Gasteiger partial charge in [-0.25, -0.2) is 0 Å². The van der Waals surface area contributed by atoms with Crippen LogP contribution in [0, 0.1) is 0 Å². The number of hydrogen-bond acceptors (Lipinski definition) is 4. The third-order valence-electron chi connectivity index (χ3n) is 3.46. The second-order valence-electron chi connectivity index (χ2n) is 5.08. The molecule has 0 saturated carbocycles. The number of carbonyl (C=O) groups excluding carboxylic acids is 1. The van der Waals surface area contributed by atoms with E-state index in [1.54, 1.807) is 11.8 Å². The molecule has 5 nitrogen and oxygen atoms in total. The van der Waals surface area contributed by atoms with E-state index in [2.05, 4.69) is 0 Å². The number of aromatic hydroxyl groups is 2. The predicted molar refractivity (Wildman–Crippen MR) is 70.1 cm³/mol. The maximum absolute atomic E-state index is 12.4. The Morgan fingerprint density at radius 2 is 2.21 bits per heavy atom. The minimum absolute atomic E-state index is 0.00533. The van der Waals surface area contributed by atoms with Crippen LogP contribution in [-0.2, 0) is 0 Å². The summed E-state index contributed by atoms with van der Waals surface area (Å²) in [7, 11) is 0. The van der Waals surface area contributed by atoms with E-state index in [9.17, 15) is 20.1 Å². The summed E-state index contributed by atoms with van der Waals surface area (Å²) in [4.78, 5) is 14.1. The zero-order valence-corrected chi connectivity index (χ0v) is 10.9. The van der Waals surface area contributed by atoms with E-state index in [1.807, 2.05) is 0 Å². The van der Waals surface area contributed by atoms with E-state index in [-0.39, 0.29) is 29.0 Å². The van der Waals surface area contributed by atoms with Crippen LogP contribution in [0.5, 0.6) is 11.5 Å². The topological polar surface area (TPSA) is 81.0 Å². The lowest BCUT2D eigenvalue weighted by Gasteiger charge is -2.26. The van der Waals surface area contributed by atoms with Gasteiger partial charge in [0.05, 0.1) is 11.7 Å². The molecule has 0 aromatic heterocycles. The Morgan fingerprint density at radius 3 is 2.89 bits per heavy atom. The molecule has 1 heterocycles. The first kappa shape index (κ1) is 13.7. The molecule has 5 heteroatoms. The molecule has 1 aliphatic rings. The summed E-state index contributed by atoms with van der Waals surface area (Å²) >= 11 is 0. The predicted octanol–water partition coefficient (Wildman–Crippen LogP) is 1.47. The lowest BCUT2D eigenvalue weighted by molar-refractivity contribution is 0.0679. The summed E-state index contributed by atoms with van der Waals surface area (Å²) in [6.45, 7) is 2.32. The average Bonchev–Trinajstić information content (AvgIpc) is 2.78. The number of carbonyl (C=O) groups is 1. The van der Waals surface area contributed by atoms with Gasteiger partial charge in [-0.15, -0.1) is 0 Å². The van der Waals surface area contributed by atoms with Crippen LogP contribution in [0.25, 0.3) is 0 Å². The van der Waals surface area contributed by atoms with Gasteiger partial charge in [0.25, 0.3) is 5.91 Å². The zero-order valence-electron chi connectivity index (χ0n) is 10.9. The van der Waals surface area contributed by atoms with E-state index in [0.717, 1.165) is 12.8 Å². The van der Waals surface area contributed by atoms with Crippen LogP contribution in [0.4, 0.5) is 0 Å². The largest absolute Gasteiger partial charge is 0.508 e. The number of rotatable bonds is 3. The maximum atomic E-state index is 12.4.